The number of aromatic nitrogens is 4. The van der Waals surface area contributed by atoms with Crippen molar-refractivity contribution >= 4 is 11.0 Å². The second-order valence-electron chi connectivity index (χ2n) is 4.41. The molecule has 5 heteroatoms. The number of benzene rings is 1. The van der Waals surface area contributed by atoms with Crippen molar-refractivity contribution in [1.82, 2.24) is 19.1 Å². The summed E-state index contributed by atoms with van der Waals surface area (Å²) < 4.78 is 4.04. The van der Waals surface area contributed by atoms with Gasteiger partial charge in [-0.2, -0.15) is 0 Å². The lowest BCUT2D eigenvalue weighted by atomic mass is 10.2. The van der Waals surface area contributed by atoms with Crippen molar-refractivity contribution < 1.29 is 0 Å². The van der Waals surface area contributed by atoms with E-state index in [1.54, 1.807) is 6.33 Å². The standard InChI is InChI=1S/C13H15N5/c1-17-8-15-7-12(17)13-16-10-4-3-9(6-14)5-11(10)18(13)2/h3-5,7-8H,6,14H2,1-2H3. The SMILES string of the molecule is Cn1cncc1-c1nc2ccc(CN)cc2n1C. The van der Waals surface area contributed by atoms with E-state index in [-0.39, 0.29) is 0 Å². The zero-order valence-corrected chi connectivity index (χ0v) is 10.5. The molecule has 0 spiro atoms. The highest BCUT2D eigenvalue weighted by molar-refractivity contribution is 5.80. The Kier molecular flexibility index (Phi) is 2.41. The number of aryl methyl sites for hydroxylation is 2. The van der Waals surface area contributed by atoms with Crippen molar-refractivity contribution in [2.24, 2.45) is 19.8 Å². The van der Waals surface area contributed by atoms with Gasteiger partial charge in [-0.1, -0.05) is 6.07 Å². The minimum atomic E-state index is 0.544. The van der Waals surface area contributed by atoms with Crippen LogP contribution in [0.1, 0.15) is 5.56 Å². The van der Waals surface area contributed by atoms with E-state index in [1.807, 2.05) is 37.0 Å². The molecule has 0 bridgehead atoms. The van der Waals surface area contributed by atoms with Crippen LogP contribution in [0.5, 0.6) is 0 Å². The van der Waals surface area contributed by atoms with E-state index < -0.39 is 0 Å². The molecule has 0 fully saturated rings. The van der Waals surface area contributed by atoms with E-state index in [4.69, 9.17) is 5.73 Å². The normalized spacial score (nSPS) is 11.3. The lowest BCUT2D eigenvalue weighted by molar-refractivity contribution is 0.881. The highest BCUT2D eigenvalue weighted by Crippen LogP contribution is 2.23. The predicted octanol–water partition coefficient (Wildman–Crippen LogP) is 1.43. The first-order valence-corrected chi connectivity index (χ1v) is 5.83. The summed E-state index contributed by atoms with van der Waals surface area (Å²) in [7, 11) is 3.98. The Bertz CT molecular complexity index is 707. The van der Waals surface area contributed by atoms with Crippen LogP contribution in [0.3, 0.4) is 0 Å². The summed E-state index contributed by atoms with van der Waals surface area (Å²) in [5.41, 5.74) is 9.86. The Labute approximate surface area is 105 Å². The van der Waals surface area contributed by atoms with Gasteiger partial charge < -0.3 is 14.9 Å². The van der Waals surface area contributed by atoms with Crippen LogP contribution in [0, 0.1) is 0 Å². The van der Waals surface area contributed by atoms with Crippen LogP contribution in [0.15, 0.2) is 30.7 Å². The largest absolute Gasteiger partial charge is 0.331 e. The number of hydrogen-bond acceptors (Lipinski definition) is 3. The molecule has 1 aromatic carbocycles. The smallest absolute Gasteiger partial charge is 0.159 e. The van der Waals surface area contributed by atoms with Gasteiger partial charge in [-0.15, -0.1) is 0 Å². The third-order valence-corrected chi connectivity index (χ3v) is 3.23. The molecule has 18 heavy (non-hydrogen) atoms. The van der Waals surface area contributed by atoms with E-state index in [2.05, 4.69) is 20.6 Å². The van der Waals surface area contributed by atoms with Gasteiger partial charge in [0, 0.05) is 20.6 Å². The van der Waals surface area contributed by atoms with Gasteiger partial charge in [-0.25, -0.2) is 9.97 Å². The molecule has 3 aromatic rings. The number of hydrogen-bond donors (Lipinski definition) is 1. The maximum Gasteiger partial charge on any atom is 0.159 e. The van der Waals surface area contributed by atoms with E-state index in [0.29, 0.717) is 6.54 Å². The van der Waals surface area contributed by atoms with E-state index in [1.165, 1.54) is 0 Å². The Morgan fingerprint density at radius 3 is 2.78 bits per heavy atom. The minimum Gasteiger partial charge on any atom is -0.331 e. The Morgan fingerprint density at radius 1 is 1.28 bits per heavy atom. The van der Waals surface area contributed by atoms with Gasteiger partial charge in [0.25, 0.3) is 0 Å². The Hall–Kier alpha value is -2.14. The van der Waals surface area contributed by atoms with Crippen molar-refractivity contribution in [2.75, 3.05) is 0 Å². The third-order valence-electron chi connectivity index (χ3n) is 3.23. The van der Waals surface area contributed by atoms with Gasteiger partial charge in [0.15, 0.2) is 5.82 Å². The molecular weight excluding hydrogens is 226 g/mol. The molecule has 0 saturated heterocycles. The average molecular weight is 241 g/mol. The van der Waals surface area contributed by atoms with Crippen LogP contribution in [0.4, 0.5) is 0 Å². The summed E-state index contributed by atoms with van der Waals surface area (Å²) in [4.78, 5) is 8.79. The van der Waals surface area contributed by atoms with E-state index >= 15 is 0 Å². The topological polar surface area (TPSA) is 61.7 Å². The third kappa shape index (κ3) is 1.52. The summed E-state index contributed by atoms with van der Waals surface area (Å²) >= 11 is 0. The first-order valence-electron chi connectivity index (χ1n) is 5.83. The number of nitrogens with two attached hydrogens (primary N) is 1. The van der Waals surface area contributed by atoms with Crippen LogP contribution < -0.4 is 5.73 Å². The number of nitrogens with zero attached hydrogens (tertiary/aromatic N) is 4. The second kappa shape index (κ2) is 3.96. The lowest BCUT2D eigenvalue weighted by Gasteiger charge is -2.03. The average Bonchev–Trinajstić information content (AvgIpc) is 2.93. The van der Waals surface area contributed by atoms with Gasteiger partial charge in [0.05, 0.1) is 23.6 Å². The van der Waals surface area contributed by atoms with Crippen LogP contribution >= 0.6 is 0 Å². The van der Waals surface area contributed by atoms with Crippen molar-refractivity contribution in [3.63, 3.8) is 0 Å². The van der Waals surface area contributed by atoms with Crippen molar-refractivity contribution in [2.45, 2.75) is 6.54 Å². The highest BCUT2D eigenvalue weighted by Gasteiger charge is 2.12. The fourth-order valence-corrected chi connectivity index (χ4v) is 2.16. The van der Waals surface area contributed by atoms with Crippen LogP contribution in [0.25, 0.3) is 22.6 Å². The van der Waals surface area contributed by atoms with E-state index in [9.17, 15) is 0 Å². The van der Waals surface area contributed by atoms with Crippen molar-refractivity contribution in [3.05, 3.63) is 36.3 Å². The zero-order chi connectivity index (χ0) is 12.7. The van der Waals surface area contributed by atoms with Crippen LogP contribution in [0.2, 0.25) is 0 Å². The maximum absolute atomic E-state index is 5.67. The van der Waals surface area contributed by atoms with Gasteiger partial charge >= 0.3 is 0 Å². The van der Waals surface area contributed by atoms with Crippen molar-refractivity contribution in [3.8, 4) is 11.5 Å². The monoisotopic (exact) mass is 241 g/mol. The summed E-state index contributed by atoms with van der Waals surface area (Å²) in [5.74, 6) is 0.916. The molecule has 0 radical (unpaired) electrons. The molecular formula is C13H15N5. The molecule has 2 heterocycles. The van der Waals surface area contributed by atoms with Gasteiger partial charge in [0.2, 0.25) is 0 Å². The first-order chi connectivity index (χ1) is 8.70. The first kappa shape index (κ1) is 11.0. The Morgan fingerprint density at radius 2 is 2.11 bits per heavy atom. The molecule has 5 nitrogen and oxygen atoms in total. The Balaban J connectivity index is 2.26. The molecule has 3 rings (SSSR count). The molecule has 0 amide bonds. The van der Waals surface area contributed by atoms with Crippen LogP contribution in [-0.2, 0) is 20.6 Å². The maximum atomic E-state index is 5.67. The molecule has 2 aromatic heterocycles. The molecule has 0 aliphatic carbocycles. The predicted molar refractivity (Wildman–Crippen MR) is 70.8 cm³/mol. The van der Waals surface area contributed by atoms with Crippen LogP contribution in [-0.4, -0.2) is 19.1 Å². The summed E-state index contributed by atoms with van der Waals surface area (Å²) in [5, 5.41) is 0. The van der Waals surface area contributed by atoms with Gasteiger partial charge in [-0.3, -0.25) is 0 Å². The summed E-state index contributed by atoms with van der Waals surface area (Å²) in [6.45, 7) is 0.544. The molecule has 2 N–H and O–H groups in total. The molecule has 92 valence electrons. The molecule has 0 saturated carbocycles. The van der Waals surface area contributed by atoms with E-state index in [0.717, 1.165) is 28.1 Å². The molecule has 0 atom stereocenters. The quantitative estimate of drug-likeness (QED) is 0.738. The molecule has 0 unspecified atom stereocenters. The highest BCUT2D eigenvalue weighted by atomic mass is 15.1. The zero-order valence-electron chi connectivity index (χ0n) is 10.5. The second-order valence-corrected chi connectivity index (χ2v) is 4.41. The fourth-order valence-electron chi connectivity index (χ4n) is 2.16. The number of rotatable bonds is 2. The lowest BCUT2D eigenvalue weighted by Crippen LogP contribution is -1.98. The summed E-state index contributed by atoms with van der Waals surface area (Å²) in [6.07, 6.45) is 3.60. The fraction of sp³-hybridized carbons (Fsp3) is 0.231. The summed E-state index contributed by atoms with van der Waals surface area (Å²) in [6, 6.07) is 6.11. The van der Waals surface area contributed by atoms with Gasteiger partial charge in [-0.05, 0) is 17.7 Å². The van der Waals surface area contributed by atoms with Crippen molar-refractivity contribution in [1.29, 1.82) is 0 Å². The molecule has 0 aliphatic rings. The minimum absolute atomic E-state index is 0.544. The number of fused-ring (bicyclic) bond motifs is 1. The number of imidazole rings is 2. The molecule has 0 aliphatic heterocycles. The van der Waals surface area contributed by atoms with Gasteiger partial charge in [0.1, 0.15) is 5.69 Å².